The fourth-order valence-corrected chi connectivity index (χ4v) is 3.87. The number of nitriles is 1. The zero-order valence-electron chi connectivity index (χ0n) is 18.6. The molecule has 0 atom stereocenters. The van der Waals surface area contributed by atoms with E-state index in [1.54, 1.807) is 61.6 Å². The molecule has 0 spiro atoms. The number of nitrogens with zero attached hydrogens (tertiary/aromatic N) is 3. The standard InChI is InChI=1S/C21H23F3N6O3S/c1-4-30-19(33)16(34-20(30)15(9-25)18(32)27-12-21(22,23)24)10-26-13-6-5-7-14(8-13)28-17(31)11-29(2)3/h5-8,10,26H,4,11-12H2,1-3H3,(H,27,32)(H,28,31)/b16-10+,20-15-. The van der Waals surface area contributed by atoms with Crippen LogP contribution in [0.4, 0.5) is 24.5 Å². The van der Waals surface area contributed by atoms with Crippen LogP contribution >= 0.6 is 11.3 Å². The third-order valence-electron chi connectivity index (χ3n) is 4.20. The number of halogens is 3. The maximum atomic E-state index is 12.7. The first-order valence-electron chi connectivity index (χ1n) is 9.95. The van der Waals surface area contributed by atoms with E-state index in [4.69, 9.17) is 0 Å². The fraction of sp³-hybridized carbons (Fsp3) is 0.333. The molecular formula is C21H23F3N6O3S. The number of anilines is 2. The second kappa shape index (κ2) is 11.5. The van der Waals surface area contributed by atoms with Gasteiger partial charge in [-0.25, -0.2) is 0 Å². The minimum Gasteiger partial charge on any atom is -0.360 e. The Hall–Kier alpha value is -3.63. The average molecular weight is 497 g/mol. The van der Waals surface area contributed by atoms with Gasteiger partial charge >= 0.3 is 6.18 Å². The number of hydrogen-bond donors (Lipinski definition) is 3. The van der Waals surface area contributed by atoms with Gasteiger partial charge in [-0.15, -0.1) is 11.3 Å². The zero-order valence-corrected chi connectivity index (χ0v) is 19.4. The Balaban J connectivity index is 2.37. The predicted molar refractivity (Wildman–Crippen MR) is 123 cm³/mol. The van der Waals surface area contributed by atoms with Crippen molar-refractivity contribution in [2.75, 3.05) is 37.8 Å². The lowest BCUT2D eigenvalue weighted by molar-refractivity contribution is -0.135. The van der Waals surface area contributed by atoms with Crippen LogP contribution in [0.1, 0.15) is 6.92 Å². The van der Waals surface area contributed by atoms with Crippen LogP contribution in [0.2, 0.25) is 0 Å². The van der Waals surface area contributed by atoms with Crippen LogP contribution in [0, 0.1) is 11.3 Å². The van der Waals surface area contributed by atoms with Crippen molar-refractivity contribution in [3.05, 3.63) is 43.8 Å². The van der Waals surface area contributed by atoms with Gasteiger partial charge < -0.3 is 20.9 Å². The summed E-state index contributed by atoms with van der Waals surface area (Å²) < 4.78 is 38.5. The molecule has 2 rings (SSSR count). The summed E-state index contributed by atoms with van der Waals surface area (Å²) in [6.07, 6.45) is -3.27. The highest BCUT2D eigenvalue weighted by Crippen LogP contribution is 2.15. The van der Waals surface area contributed by atoms with E-state index in [0.717, 1.165) is 15.9 Å². The lowest BCUT2D eigenvalue weighted by Crippen LogP contribution is -2.37. The molecule has 2 amide bonds. The number of benzene rings is 1. The van der Waals surface area contributed by atoms with Crippen molar-refractivity contribution in [3.8, 4) is 6.07 Å². The Morgan fingerprint density at radius 3 is 2.53 bits per heavy atom. The Labute approximate surface area is 196 Å². The van der Waals surface area contributed by atoms with Crippen LogP contribution in [-0.4, -0.2) is 54.6 Å². The topological polar surface area (TPSA) is 119 Å². The third-order valence-corrected chi connectivity index (χ3v) is 5.33. The normalized spacial score (nSPS) is 12.8. The molecule has 0 aliphatic heterocycles. The minimum absolute atomic E-state index is 0.0487. The van der Waals surface area contributed by atoms with Crippen molar-refractivity contribution < 1.29 is 22.8 Å². The van der Waals surface area contributed by atoms with Crippen LogP contribution < -0.4 is 30.7 Å². The first-order valence-corrected chi connectivity index (χ1v) is 10.8. The van der Waals surface area contributed by atoms with E-state index < -0.39 is 29.8 Å². The van der Waals surface area contributed by atoms with Crippen LogP contribution in [0.3, 0.4) is 0 Å². The van der Waals surface area contributed by atoms with Gasteiger partial charge in [0.2, 0.25) is 5.91 Å². The molecule has 0 saturated carbocycles. The molecule has 0 fully saturated rings. The van der Waals surface area contributed by atoms with Gasteiger partial charge in [-0.3, -0.25) is 19.0 Å². The summed E-state index contributed by atoms with van der Waals surface area (Å²) in [4.78, 5) is 38.5. The summed E-state index contributed by atoms with van der Waals surface area (Å²) in [7, 11) is 3.53. The highest BCUT2D eigenvalue weighted by Gasteiger charge is 2.28. The van der Waals surface area contributed by atoms with Crippen LogP contribution in [0.5, 0.6) is 0 Å². The molecule has 2 aromatic rings. The molecule has 1 aromatic carbocycles. The van der Waals surface area contributed by atoms with E-state index in [0.29, 0.717) is 11.4 Å². The molecule has 0 radical (unpaired) electrons. The van der Waals surface area contributed by atoms with Crippen LogP contribution in [-0.2, 0) is 16.1 Å². The summed E-state index contributed by atoms with van der Waals surface area (Å²) in [5.41, 5.74) is -0.0164. The molecule has 0 aliphatic rings. The molecule has 1 heterocycles. The maximum absolute atomic E-state index is 12.7. The van der Waals surface area contributed by atoms with Gasteiger partial charge in [-0.2, -0.15) is 18.4 Å². The molecular weight excluding hydrogens is 473 g/mol. The highest BCUT2D eigenvalue weighted by molar-refractivity contribution is 7.07. The number of alkyl halides is 3. The summed E-state index contributed by atoms with van der Waals surface area (Å²) >= 11 is 0.802. The SMILES string of the molecule is CCn1c(=O)/c(=C\Nc2cccc(NC(=O)CN(C)C)c2)s/c1=C(/C#N)C(=O)NCC(F)(F)F. The summed E-state index contributed by atoms with van der Waals surface area (Å²) in [6, 6.07) is 8.32. The van der Waals surface area contributed by atoms with Crippen molar-refractivity contribution in [2.45, 2.75) is 19.6 Å². The molecule has 0 aliphatic carbocycles. The molecule has 13 heteroatoms. The summed E-state index contributed by atoms with van der Waals surface area (Å²) in [5.74, 6) is -1.42. The van der Waals surface area contributed by atoms with Crippen molar-refractivity contribution >= 4 is 46.3 Å². The number of likely N-dealkylation sites (N-methyl/N-ethyl adjacent to an activating group) is 1. The Morgan fingerprint density at radius 1 is 1.26 bits per heavy atom. The van der Waals surface area contributed by atoms with E-state index in [9.17, 15) is 32.8 Å². The lowest BCUT2D eigenvalue weighted by Gasteiger charge is -2.10. The third kappa shape index (κ3) is 7.46. The van der Waals surface area contributed by atoms with Gasteiger partial charge in [0, 0.05) is 24.1 Å². The maximum Gasteiger partial charge on any atom is 0.405 e. The lowest BCUT2D eigenvalue weighted by atomic mass is 10.2. The highest BCUT2D eigenvalue weighted by atomic mass is 32.1. The zero-order chi connectivity index (χ0) is 25.5. The van der Waals surface area contributed by atoms with Crippen molar-refractivity contribution in [3.63, 3.8) is 0 Å². The number of nitrogens with one attached hydrogen (secondary N) is 3. The van der Waals surface area contributed by atoms with Crippen LogP contribution in [0.25, 0.3) is 11.8 Å². The van der Waals surface area contributed by atoms with Gasteiger partial charge in [0.15, 0.2) is 5.57 Å². The number of carbonyl (C=O) groups is 2. The van der Waals surface area contributed by atoms with Crippen molar-refractivity contribution in [1.29, 1.82) is 5.26 Å². The molecule has 3 N–H and O–H groups in total. The van der Waals surface area contributed by atoms with Gasteiger partial charge in [0.25, 0.3) is 11.5 Å². The number of hydrogen-bond acceptors (Lipinski definition) is 7. The van der Waals surface area contributed by atoms with E-state index >= 15 is 0 Å². The summed E-state index contributed by atoms with van der Waals surface area (Å²) in [5, 5.41) is 16.7. The van der Waals surface area contributed by atoms with E-state index in [-0.39, 0.29) is 28.2 Å². The van der Waals surface area contributed by atoms with Crippen molar-refractivity contribution in [2.24, 2.45) is 0 Å². The van der Waals surface area contributed by atoms with Crippen molar-refractivity contribution in [1.82, 2.24) is 14.8 Å². The molecule has 0 unspecified atom stereocenters. The molecule has 182 valence electrons. The molecule has 0 bridgehead atoms. The largest absolute Gasteiger partial charge is 0.405 e. The smallest absolute Gasteiger partial charge is 0.360 e. The minimum atomic E-state index is -4.64. The Morgan fingerprint density at radius 2 is 1.94 bits per heavy atom. The molecule has 34 heavy (non-hydrogen) atoms. The molecule has 0 saturated heterocycles. The molecule has 9 nitrogen and oxygen atoms in total. The first kappa shape index (κ1) is 26.6. The monoisotopic (exact) mass is 496 g/mol. The van der Waals surface area contributed by atoms with Crippen LogP contribution in [0.15, 0.2) is 29.1 Å². The van der Waals surface area contributed by atoms with Gasteiger partial charge in [0.05, 0.1) is 6.54 Å². The van der Waals surface area contributed by atoms with Gasteiger partial charge in [-0.05, 0) is 39.2 Å². The number of amides is 2. The first-order chi connectivity index (χ1) is 15.9. The van der Waals surface area contributed by atoms with E-state index in [1.807, 2.05) is 0 Å². The van der Waals surface area contributed by atoms with E-state index in [2.05, 4.69) is 10.6 Å². The number of aromatic nitrogens is 1. The van der Waals surface area contributed by atoms with E-state index in [1.165, 1.54) is 6.20 Å². The van der Waals surface area contributed by atoms with Gasteiger partial charge in [-0.1, -0.05) is 6.07 Å². The quantitative estimate of drug-likeness (QED) is 0.494. The predicted octanol–water partition coefficient (Wildman–Crippen LogP) is 0.633. The second-order valence-corrected chi connectivity index (χ2v) is 8.29. The second-order valence-electron chi connectivity index (χ2n) is 7.26. The summed E-state index contributed by atoms with van der Waals surface area (Å²) in [6.45, 7) is 0.314. The van der Waals surface area contributed by atoms with Gasteiger partial charge in [0.1, 0.15) is 21.8 Å². The Kier molecular flexibility index (Phi) is 8.99. The number of carbonyl (C=O) groups excluding carboxylic acids is 2. The average Bonchev–Trinajstić information content (AvgIpc) is 3.05. The Bertz CT molecular complexity index is 1270. The molecule has 1 aromatic heterocycles. The number of thiazole rings is 1. The number of rotatable bonds is 8. The fourth-order valence-electron chi connectivity index (χ4n) is 2.78.